The van der Waals surface area contributed by atoms with Crippen LogP contribution < -0.4 is 10.1 Å². The Balaban J connectivity index is 1.64. The van der Waals surface area contributed by atoms with Gasteiger partial charge < -0.3 is 19.4 Å². The van der Waals surface area contributed by atoms with Crippen LogP contribution in [0.4, 0.5) is 5.69 Å². The van der Waals surface area contributed by atoms with Gasteiger partial charge in [-0.2, -0.15) is 0 Å². The van der Waals surface area contributed by atoms with E-state index in [9.17, 15) is 9.59 Å². The SMILES string of the molecule is CCn1c(Cc2ccc(OC)cc2)nnc1SCC(=O)Nc1cc(C(=O)OC)ccc1Cl. The van der Waals surface area contributed by atoms with Gasteiger partial charge in [0.1, 0.15) is 11.6 Å². The van der Waals surface area contributed by atoms with Crippen LogP contribution in [0.15, 0.2) is 47.6 Å². The molecule has 1 heterocycles. The summed E-state index contributed by atoms with van der Waals surface area (Å²) >= 11 is 7.42. The minimum Gasteiger partial charge on any atom is -0.497 e. The van der Waals surface area contributed by atoms with Gasteiger partial charge in [0.2, 0.25) is 5.91 Å². The van der Waals surface area contributed by atoms with E-state index in [2.05, 4.69) is 15.5 Å². The van der Waals surface area contributed by atoms with Gasteiger partial charge in [0, 0.05) is 13.0 Å². The third-order valence-electron chi connectivity index (χ3n) is 4.62. The molecule has 1 N–H and O–H groups in total. The number of methoxy groups -OCH3 is 2. The summed E-state index contributed by atoms with van der Waals surface area (Å²) in [5, 5.41) is 12.3. The molecule has 168 valence electrons. The smallest absolute Gasteiger partial charge is 0.337 e. The molecular weight excluding hydrogens is 452 g/mol. The Morgan fingerprint density at radius 1 is 1.12 bits per heavy atom. The highest BCUT2D eigenvalue weighted by molar-refractivity contribution is 7.99. The predicted octanol–water partition coefficient (Wildman–Crippen LogP) is 4.07. The molecule has 0 aliphatic heterocycles. The maximum absolute atomic E-state index is 12.5. The van der Waals surface area contributed by atoms with Crippen molar-refractivity contribution in [3.05, 3.63) is 64.4 Å². The highest BCUT2D eigenvalue weighted by Gasteiger charge is 2.15. The molecule has 0 saturated heterocycles. The molecule has 0 unspecified atom stereocenters. The zero-order valence-electron chi connectivity index (χ0n) is 17.9. The molecule has 8 nitrogen and oxygen atoms in total. The molecule has 2 aromatic carbocycles. The van der Waals surface area contributed by atoms with E-state index < -0.39 is 5.97 Å². The normalized spacial score (nSPS) is 10.6. The number of nitrogens with one attached hydrogen (secondary N) is 1. The topological polar surface area (TPSA) is 95.3 Å². The van der Waals surface area contributed by atoms with Crippen molar-refractivity contribution in [3.8, 4) is 5.75 Å². The number of benzene rings is 2. The fraction of sp³-hybridized carbons (Fsp3) is 0.273. The molecule has 0 aliphatic carbocycles. The number of halogens is 1. The van der Waals surface area contributed by atoms with Crippen molar-refractivity contribution in [2.24, 2.45) is 0 Å². The zero-order chi connectivity index (χ0) is 23.1. The van der Waals surface area contributed by atoms with Gasteiger partial charge in [-0.15, -0.1) is 10.2 Å². The lowest BCUT2D eigenvalue weighted by Crippen LogP contribution is -2.15. The third kappa shape index (κ3) is 5.80. The van der Waals surface area contributed by atoms with Gasteiger partial charge in [-0.3, -0.25) is 4.79 Å². The van der Waals surface area contributed by atoms with Crippen molar-refractivity contribution in [2.45, 2.75) is 25.0 Å². The van der Waals surface area contributed by atoms with Gasteiger partial charge >= 0.3 is 5.97 Å². The number of carbonyl (C=O) groups excluding carboxylic acids is 2. The van der Waals surface area contributed by atoms with Crippen molar-refractivity contribution in [3.63, 3.8) is 0 Å². The fourth-order valence-electron chi connectivity index (χ4n) is 2.98. The van der Waals surface area contributed by atoms with Crippen LogP contribution in [0.3, 0.4) is 0 Å². The first-order chi connectivity index (χ1) is 15.4. The maximum atomic E-state index is 12.5. The number of esters is 1. The van der Waals surface area contributed by atoms with Gasteiger partial charge in [-0.1, -0.05) is 35.5 Å². The number of aromatic nitrogens is 3. The summed E-state index contributed by atoms with van der Waals surface area (Å²) in [7, 11) is 2.92. The van der Waals surface area contributed by atoms with Gasteiger partial charge in [-0.25, -0.2) is 4.79 Å². The van der Waals surface area contributed by atoms with E-state index in [4.69, 9.17) is 21.1 Å². The number of hydrogen-bond donors (Lipinski definition) is 1. The number of anilines is 1. The van der Waals surface area contributed by atoms with Crippen LogP contribution in [0, 0.1) is 0 Å². The zero-order valence-corrected chi connectivity index (χ0v) is 19.5. The number of rotatable bonds is 9. The average Bonchev–Trinajstić information content (AvgIpc) is 3.20. The lowest BCUT2D eigenvalue weighted by Gasteiger charge is -2.10. The maximum Gasteiger partial charge on any atom is 0.337 e. The molecule has 0 aliphatic rings. The Morgan fingerprint density at radius 2 is 1.88 bits per heavy atom. The first-order valence-electron chi connectivity index (χ1n) is 9.80. The van der Waals surface area contributed by atoms with Gasteiger partial charge in [-0.05, 0) is 42.8 Å². The van der Waals surface area contributed by atoms with Crippen molar-refractivity contribution in [1.29, 1.82) is 0 Å². The summed E-state index contributed by atoms with van der Waals surface area (Å²) in [6.45, 7) is 2.68. The van der Waals surface area contributed by atoms with Crippen LogP contribution in [-0.2, 0) is 22.5 Å². The summed E-state index contributed by atoms with van der Waals surface area (Å²) in [5.41, 5.74) is 1.73. The average molecular weight is 475 g/mol. The number of hydrogen-bond acceptors (Lipinski definition) is 7. The minimum atomic E-state index is -0.507. The van der Waals surface area contributed by atoms with Crippen molar-refractivity contribution in [1.82, 2.24) is 14.8 Å². The monoisotopic (exact) mass is 474 g/mol. The third-order valence-corrected chi connectivity index (χ3v) is 5.92. The number of ether oxygens (including phenoxy) is 2. The van der Waals surface area contributed by atoms with Crippen LogP contribution >= 0.6 is 23.4 Å². The first kappa shape index (κ1) is 23.6. The molecule has 1 aromatic heterocycles. The molecule has 3 aromatic rings. The number of nitrogens with zero attached hydrogens (tertiary/aromatic N) is 3. The molecule has 0 saturated carbocycles. The Labute approximate surface area is 195 Å². The van der Waals surface area contributed by atoms with Crippen LogP contribution in [0.1, 0.15) is 28.7 Å². The van der Waals surface area contributed by atoms with E-state index in [1.165, 1.54) is 37.1 Å². The highest BCUT2D eigenvalue weighted by atomic mass is 35.5. The van der Waals surface area contributed by atoms with Gasteiger partial charge in [0.15, 0.2) is 5.16 Å². The summed E-state index contributed by atoms with van der Waals surface area (Å²) in [4.78, 5) is 24.2. The Kier molecular flexibility index (Phi) is 8.13. The quantitative estimate of drug-likeness (QED) is 0.369. The largest absolute Gasteiger partial charge is 0.497 e. The van der Waals surface area contributed by atoms with E-state index in [-0.39, 0.29) is 11.7 Å². The molecule has 0 atom stereocenters. The van der Waals surface area contributed by atoms with Crippen molar-refractivity contribution >= 4 is 40.9 Å². The first-order valence-corrected chi connectivity index (χ1v) is 11.2. The number of amides is 1. The second kappa shape index (κ2) is 11.0. The molecular formula is C22H23ClN4O4S. The minimum absolute atomic E-state index is 0.111. The second-order valence-corrected chi connectivity index (χ2v) is 8.04. The Morgan fingerprint density at radius 3 is 2.53 bits per heavy atom. The molecule has 3 rings (SSSR count). The van der Waals surface area contributed by atoms with E-state index in [0.717, 1.165) is 17.1 Å². The number of carbonyl (C=O) groups is 2. The second-order valence-electron chi connectivity index (χ2n) is 6.69. The van der Waals surface area contributed by atoms with Crippen LogP contribution in [0.25, 0.3) is 0 Å². The Bertz CT molecular complexity index is 1100. The number of thioether (sulfide) groups is 1. The fourth-order valence-corrected chi connectivity index (χ4v) is 3.97. The van der Waals surface area contributed by atoms with E-state index in [1.807, 2.05) is 35.8 Å². The molecule has 10 heteroatoms. The van der Waals surface area contributed by atoms with Crippen LogP contribution in [0.5, 0.6) is 5.75 Å². The van der Waals surface area contributed by atoms with Crippen LogP contribution in [-0.4, -0.2) is 46.6 Å². The van der Waals surface area contributed by atoms with Gasteiger partial charge in [0.05, 0.1) is 36.2 Å². The van der Waals surface area contributed by atoms with E-state index >= 15 is 0 Å². The molecule has 0 fully saturated rings. The lowest BCUT2D eigenvalue weighted by molar-refractivity contribution is -0.113. The standard InChI is InChI=1S/C22H23ClN4O4S/c1-4-27-19(11-14-5-8-16(30-2)9-6-14)25-26-22(27)32-13-20(28)24-18-12-15(21(29)31-3)7-10-17(18)23/h5-10,12H,4,11,13H2,1-3H3,(H,24,28). The van der Waals surface area contributed by atoms with E-state index in [1.54, 1.807) is 7.11 Å². The summed E-state index contributed by atoms with van der Waals surface area (Å²) < 4.78 is 11.9. The predicted molar refractivity (Wildman–Crippen MR) is 124 cm³/mol. The summed E-state index contributed by atoms with van der Waals surface area (Å²) in [6, 6.07) is 12.3. The molecule has 0 bridgehead atoms. The molecule has 0 spiro atoms. The summed E-state index contributed by atoms with van der Waals surface area (Å²) in [5.74, 6) is 0.937. The summed E-state index contributed by atoms with van der Waals surface area (Å²) in [6.07, 6.45) is 0.619. The highest BCUT2D eigenvalue weighted by Crippen LogP contribution is 2.25. The molecule has 1 amide bonds. The van der Waals surface area contributed by atoms with E-state index in [0.29, 0.717) is 34.4 Å². The lowest BCUT2D eigenvalue weighted by atomic mass is 10.1. The van der Waals surface area contributed by atoms with Crippen molar-refractivity contribution < 1.29 is 19.1 Å². The van der Waals surface area contributed by atoms with Crippen molar-refractivity contribution in [2.75, 3.05) is 25.3 Å². The van der Waals surface area contributed by atoms with Crippen LogP contribution in [0.2, 0.25) is 5.02 Å². The Hall–Kier alpha value is -3.04. The molecule has 0 radical (unpaired) electrons. The molecule has 32 heavy (non-hydrogen) atoms. The van der Waals surface area contributed by atoms with Gasteiger partial charge in [0.25, 0.3) is 0 Å².